The monoisotopic (exact) mass is 189 g/mol. The molecule has 3 nitrogen and oxygen atoms in total. The van der Waals surface area contributed by atoms with Gasteiger partial charge in [-0.1, -0.05) is 24.8 Å². The van der Waals surface area contributed by atoms with Gasteiger partial charge < -0.3 is 5.32 Å². The summed E-state index contributed by atoms with van der Waals surface area (Å²) in [5, 5.41) is 8.66. The topological polar surface area (TPSA) is 27.6 Å². The second-order valence-corrected chi connectivity index (χ2v) is 2.77. The number of hydrogen-bond donors (Lipinski definition) is 1. The van der Waals surface area contributed by atoms with E-state index >= 15 is 0 Å². The van der Waals surface area contributed by atoms with Crippen molar-refractivity contribution in [3.8, 4) is 0 Å². The van der Waals surface area contributed by atoms with Crippen LogP contribution in [0, 0.1) is 0 Å². The number of para-hydroxylation sites is 1. The number of rotatable bonds is 5. The molecule has 0 bridgehead atoms. The Morgan fingerprint density at radius 3 is 2.57 bits per heavy atom. The van der Waals surface area contributed by atoms with Crippen LogP contribution >= 0.6 is 0 Å². The molecule has 0 amide bonds. The molecule has 0 aliphatic carbocycles. The summed E-state index contributed by atoms with van der Waals surface area (Å²) in [6, 6.07) is 9.77. The molecule has 0 aliphatic rings. The maximum absolute atomic E-state index is 3.90. The van der Waals surface area contributed by atoms with Gasteiger partial charge >= 0.3 is 0 Å². The first-order valence-electron chi connectivity index (χ1n) is 4.54. The van der Waals surface area contributed by atoms with Crippen LogP contribution in [0.5, 0.6) is 0 Å². The molecule has 3 heteroatoms. The molecule has 0 fully saturated rings. The summed E-state index contributed by atoms with van der Waals surface area (Å²) >= 11 is 0. The average Bonchev–Trinajstić information content (AvgIpc) is 2.21. The van der Waals surface area contributed by atoms with Crippen molar-refractivity contribution in [2.45, 2.75) is 6.92 Å². The molecule has 1 rings (SSSR count). The lowest BCUT2D eigenvalue weighted by atomic mass is 10.3. The van der Waals surface area contributed by atoms with E-state index < -0.39 is 0 Å². The molecule has 0 aromatic heterocycles. The third-order valence-electron chi connectivity index (χ3n) is 1.78. The Morgan fingerprint density at radius 2 is 2.07 bits per heavy atom. The van der Waals surface area contributed by atoms with Crippen molar-refractivity contribution in [2.24, 2.45) is 5.10 Å². The Hall–Kier alpha value is -1.77. The van der Waals surface area contributed by atoms with Gasteiger partial charge in [0.1, 0.15) is 5.82 Å². The molecule has 0 saturated heterocycles. The van der Waals surface area contributed by atoms with Crippen molar-refractivity contribution < 1.29 is 0 Å². The third-order valence-corrected chi connectivity index (χ3v) is 1.78. The predicted octanol–water partition coefficient (Wildman–Crippen LogP) is 2.19. The minimum absolute atomic E-state index is 0.730. The summed E-state index contributed by atoms with van der Waals surface area (Å²) in [4.78, 5) is 0. The van der Waals surface area contributed by atoms with Crippen molar-refractivity contribution in [1.29, 1.82) is 0 Å². The third kappa shape index (κ3) is 2.36. The molecule has 0 radical (unpaired) electrons. The SMILES string of the molecule is C=NN(C(=C)NCC)c1ccccc1. The van der Waals surface area contributed by atoms with Crippen molar-refractivity contribution in [3.05, 3.63) is 42.7 Å². The summed E-state index contributed by atoms with van der Waals surface area (Å²) in [6.07, 6.45) is 0. The highest BCUT2D eigenvalue weighted by Gasteiger charge is 2.05. The molecule has 1 N–H and O–H groups in total. The van der Waals surface area contributed by atoms with E-state index in [1.807, 2.05) is 37.3 Å². The van der Waals surface area contributed by atoms with Crippen LogP contribution in [-0.2, 0) is 0 Å². The smallest absolute Gasteiger partial charge is 0.120 e. The minimum Gasteiger partial charge on any atom is -0.371 e. The van der Waals surface area contributed by atoms with Gasteiger partial charge in [-0.15, -0.1) is 0 Å². The molecular weight excluding hydrogens is 174 g/mol. The lowest BCUT2D eigenvalue weighted by Crippen LogP contribution is -2.26. The maximum atomic E-state index is 3.90. The van der Waals surface area contributed by atoms with Gasteiger partial charge in [0.2, 0.25) is 0 Å². The largest absolute Gasteiger partial charge is 0.371 e. The van der Waals surface area contributed by atoms with Crippen LogP contribution in [0.3, 0.4) is 0 Å². The highest BCUT2D eigenvalue weighted by atomic mass is 15.5. The zero-order chi connectivity index (χ0) is 10.4. The van der Waals surface area contributed by atoms with E-state index in [1.165, 1.54) is 0 Å². The van der Waals surface area contributed by atoms with E-state index in [2.05, 4.69) is 23.7 Å². The van der Waals surface area contributed by atoms with Crippen molar-refractivity contribution in [1.82, 2.24) is 5.32 Å². The van der Waals surface area contributed by atoms with Gasteiger partial charge in [-0.2, -0.15) is 5.10 Å². The first-order chi connectivity index (χ1) is 6.79. The van der Waals surface area contributed by atoms with Crippen LogP contribution in [0.25, 0.3) is 0 Å². The zero-order valence-electron chi connectivity index (χ0n) is 8.40. The Bertz CT molecular complexity index is 306. The minimum atomic E-state index is 0.730. The lowest BCUT2D eigenvalue weighted by molar-refractivity contribution is 0.794. The number of benzene rings is 1. The van der Waals surface area contributed by atoms with E-state index in [0.29, 0.717) is 0 Å². The Balaban J connectivity index is 2.82. The molecular formula is C11H15N3. The first-order valence-corrected chi connectivity index (χ1v) is 4.54. The summed E-state index contributed by atoms with van der Waals surface area (Å²) in [5.41, 5.74) is 0.952. The summed E-state index contributed by atoms with van der Waals surface area (Å²) in [7, 11) is 0. The van der Waals surface area contributed by atoms with Gasteiger partial charge in [-0.3, -0.25) is 0 Å². The fourth-order valence-corrected chi connectivity index (χ4v) is 1.17. The molecule has 0 unspecified atom stereocenters. The summed E-state index contributed by atoms with van der Waals surface area (Å²) < 4.78 is 0. The van der Waals surface area contributed by atoms with E-state index in [-0.39, 0.29) is 0 Å². The number of nitrogens with one attached hydrogen (secondary N) is 1. The average molecular weight is 189 g/mol. The second kappa shape index (κ2) is 5.07. The van der Waals surface area contributed by atoms with E-state index in [9.17, 15) is 0 Å². The Morgan fingerprint density at radius 1 is 1.43 bits per heavy atom. The Labute approximate surface area is 84.7 Å². The molecule has 74 valence electrons. The van der Waals surface area contributed by atoms with Crippen LogP contribution in [0.4, 0.5) is 5.69 Å². The van der Waals surface area contributed by atoms with Crippen molar-refractivity contribution in [2.75, 3.05) is 11.6 Å². The fourth-order valence-electron chi connectivity index (χ4n) is 1.17. The number of hydrogen-bond acceptors (Lipinski definition) is 3. The molecule has 0 aliphatic heterocycles. The van der Waals surface area contributed by atoms with Gasteiger partial charge in [-0.05, 0) is 19.1 Å². The highest BCUT2D eigenvalue weighted by Crippen LogP contribution is 2.16. The van der Waals surface area contributed by atoms with E-state index in [1.54, 1.807) is 5.01 Å². The molecule has 0 heterocycles. The maximum Gasteiger partial charge on any atom is 0.120 e. The van der Waals surface area contributed by atoms with Crippen molar-refractivity contribution >= 4 is 12.4 Å². The summed E-state index contributed by atoms with van der Waals surface area (Å²) in [5.74, 6) is 0.730. The fraction of sp³-hybridized carbons (Fsp3) is 0.182. The van der Waals surface area contributed by atoms with Gasteiger partial charge in [0.15, 0.2) is 0 Å². The zero-order valence-corrected chi connectivity index (χ0v) is 8.40. The van der Waals surface area contributed by atoms with Crippen LogP contribution in [0.1, 0.15) is 6.92 Å². The quantitative estimate of drug-likeness (QED) is 0.568. The van der Waals surface area contributed by atoms with Crippen LogP contribution in [-0.4, -0.2) is 13.3 Å². The lowest BCUT2D eigenvalue weighted by Gasteiger charge is -2.21. The molecule has 14 heavy (non-hydrogen) atoms. The molecule has 1 aromatic rings. The summed E-state index contributed by atoms with van der Waals surface area (Å²) in [6.45, 7) is 10.2. The molecule has 0 spiro atoms. The van der Waals surface area contributed by atoms with Crippen LogP contribution < -0.4 is 10.3 Å². The van der Waals surface area contributed by atoms with E-state index in [4.69, 9.17) is 0 Å². The molecule has 0 atom stereocenters. The number of anilines is 1. The normalized spacial score (nSPS) is 9.21. The van der Waals surface area contributed by atoms with Gasteiger partial charge in [-0.25, -0.2) is 5.01 Å². The van der Waals surface area contributed by atoms with Gasteiger partial charge in [0.25, 0.3) is 0 Å². The van der Waals surface area contributed by atoms with Gasteiger partial charge in [0, 0.05) is 13.3 Å². The van der Waals surface area contributed by atoms with E-state index in [0.717, 1.165) is 18.1 Å². The predicted molar refractivity (Wildman–Crippen MR) is 61.3 cm³/mol. The number of hydrazone groups is 1. The second-order valence-electron chi connectivity index (χ2n) is 2.77. The van der Waals surface area contributed by atoms with Crippen LogP contribution in [0.2, 0.25) is 0 Å². The van der Waals surface area contributed by atoms with Crippen molar-refractivity contribution in [3.63, 3.8) is 0 Å². The van der Waals surface area contributed by atoms with Crippen LogP contribution in [0.15, 0.2) is 47.8 Å². The van der Waals surface area contributed by atoms with Gasteiger partial charge in [0.05, 0.1) is 5.69 Å². The highest BCUT2D eigenvalue weighted by molar-refractivity contribution is 5.51. The standard InChI is InChI=1S/C11H15N3/c1-4-13-10(2)14(12-3)11-8-6-5-7-9-11/h5-9,13H,2-4H2,1H3. The first kappa shape index (κ1) is 10.3. The molecule has 1 aromatic carbocycles. The molecule has 0 saturated carbocycles. The Kier molecular flexibility index (Phi) is 3.73. The number of nitrogens with zero attached hydrogens (tertiary/aromatic N) is 2.